The number of rotatable bonds is 7. The van der Waals surface area contributed by atoms with Gasteiger partial charge >= 0.3 is 12.0 Å². The molecule has 2 amide bonds. The van der Waals surface area contributed by atoms with Crippen LogP contribution in [0.15, 0.2) is 0 Å². The van der Waals surface area contributed by atoms with Crippen LogP contribution in [-0.4, -0.2) is 55.6 Å². The van der Waals surface area contributed by atoms with Crippen molar-refractivity contribution in [1.82, 2.24) is 10.6 Å². The number of hydrogen-bond donors (Lipinski definition) is 5. The van der Waals surface area contributed by atoms with Crippen LogP contribution in [0.4, 0.5) is 4.79 Å². The fourth-order valence-electron chi connectivity index (χ4n) is 0.903. The molecule has 1 unspecified atom stereocenters. The van der Waals surface area contributed by atoms with Crippen molar-refractivity contribution >= 4 is 22.0 Å². The zero-order chi connectivity index (χ0) is 13.5. The van der Waals surface area contributed by atoms with Gasteiger partial charge in [0.2, 0.25) is 10.0 Å². The van der Waals surface area contributed by atoms with Gasteiger partial charge in [-0.15, -0.1) is 0 Å². The Hall–Kier alpha value is -1.39. The van der Waals surface area contributed by atoms with Crippen LogP contribution in [0.5, 0.6) is 0 Å². The minimum Gasteiger partial charge on any atom is -0.480 e. The maximum absolute atomic E-state index is 11.1. The van der Waals surface area contributed by atoms with E-state index in [9.17, 15) is 18.0 Å². The van der Waals surface area contributed by atoms with Gasteiger partial charge in [0.05, 0.1) is 5.75 Å². The summed E-state index contributed by atoms with van der Waals surface area (Å²) in [4.78, 5) is 21.7. The van der Waals surface area contributed by atoms with Crippen molar-refractivity contribution < 1.29 is 28.2 Å². The van der Waals surface area contributed by atoms with Crippen molar-refractivity contribution in [2.75, 3.05) is 18.9 Å². The summed E-state index contributed by atoms with van der Waals surface area (Å²) in [6, 6.07) is -2.07. The third-order valence-electron chi connectivity index (χ3n) is 1.69. The summed E-state index contributed by atoms with van der Waals surface area (Å²) in [7, 11) is -3.67. The second kappa shape index (κ2) is 7.04. The highest BCUT2D eigenvalue weighted by atomic mass is 32.2. The summed E-state index contributed by atoms with van der Waals surface area (Å²) in [5.41, 5.74) is 0. The summed E-state index contributed by atoms with van der Waals surface area (Å²) in [5, 5.41) is 26.1. The number of hydrogen-bond acceptors (Lipinski definition) is 5. The van der Waals surface area contributed by atoms with Gasteiger partial charge in [-0.2, -0.15) is 0 Å². The van der Waals surface area contributed by atoms with Crippen LogP contribution in [0.2, 0.25) is 0 Å². The van der Waals surface area contributed by atoms with Crippen LogP contribution < -0.4 is 15.8 Å². The summed E-state index contributed by atoms with van der Waals surface area (Å²) in [5.74, 6) is -1.74. The first-order chi connectivity index (χ1) is 7.76. The van der Waals surface area contributed by atoms with Gasteiger partial charge in [-0.1, -0.05) is 0 Å². The normalized spacial score (nSPS) is 12.8. The number of carbonyl (C=O) groups is 2. The molecule has 0 aliphatic heterocycles. The fraction of sp³-hybridized carbons (Fsp3) is 0.714. The lowest BCUT2D eigenvalue weighted by molar-refractivity contribution is -0.139. The number of aliphatic hydroxyl groups is 1. The van der Waals surface area contributed by atoms with Crippen molar-refractivity contribution in [3.05, 3.63) is 0 Å². The number of carboxylic acid groups (broad SMARTS) is 1. The van der Waals surface area contributed by atoms with Gasteiger partial charge < -0.3 is 20.8 Å². The molecule has 0 spiro atoms. The Morgan fingerprint density at radius 3 is 2.35 bits per heavy atom. The monoisotopic (exact) mass is 269 g/mol. The first-order valence-corrected chi connectivity index (χ1v) is 6.36. The molecule has 0 heterocycles. The average molecular weight is 269 g/mol. The van der Waals surface area contributed by atoms with E-state index in [0.717, 1.165) is 0 Å². The maximum atomic E-state index is 11.1. The second-order valence-electron chi connectivity index (χ2n) is 3.17. The first kappa shape index (κ1) is 15.6. The van der Waals surface area contributed by atoms with Gasteiger partial charge in [0.25, 0.3) is 0 Å². The molecule has 0 saturated carbocycles. The van der Waals surface area contributed by atoms with Gasteiger partial charge in [-0.25, -0.2) is 23.1 Å². The third kappa shape index (κ3) is 8.42. The van der Waals surface area contributed by atoms with Crippen molar-refractivity contribution in [2.24, 2.45) is 5.14 Å². The lowest BCUT2D eigenvalue weighted by Gasteiger charge is -2.13. The number of aliphatic hydroxyl groups excluding tert-OH is 1. The minimum atomic E-state index is -3.67. The standard InChI is InChI=1S/C7H15N3O6S/c8-17(15,16)4-2-9-7(14)10-5(1-3-11)6(12)13/h5,11H,1-4H2,(H,12,13)(H2,8,15,16)(H2,9,10,14). The number of nitrogens with two attached hydrogens (primary N) is 1. The number of amides is 2. The number of nitrogens with one attached hydrogen (secondary N) is 2. The summed E-state index contributed by atoms with van der Waals surface area (Å²) in [6.45, 7) is -0.620. The maximum Gasteiger partial charge on any atom is 0.326 e. The molecule has 100 valence electrons. The van der Waals surface area contributed by atoms with Gasteiger partial charge in [0, 0.05) is 19.6 Å². The smallest absolute Gasteiger partial charge is 0.326 e. The highest BCUT2D eigenvalue weighted by Gasteiger charge is 2.18. The van der Waals surface area contributed by atoms with E-state index in [4.69, 9.17) is 15.4 Å². The van der Waals surface area contributed by atoms with Crippen molar-refractivity contribution in [3.63, 3.8) is 0 Å². The van der Waals surface area contributed by atoms with Gasteiger partial charge in [0.15, 0.2) is 0 Å². The average Bonchev–Trinajstić information content (AvgIpc) is 2.14. The van der Waals surface area contributed by atoms with E-state index in [-0.39, 0.29) is 13.0 Å². The third-order valence-corrected chi connectivity index (χ3v) is 2.47. The zero-order valence-corrected chi connectivity index (χ0v) is 9.74. The van der Waals surface area contributed by atoms with Crippen molar-refractivity contribution in [1.29, 1.82) is 0 Å². The molecule has 17 heavy (non-hydrogen) atoms. The topological polar surface area (TPSA) is 159 Å². The largest absolute Gasteiger partial charge is 0.480 e. The van der Waals surface area contributed by atoms with Crippen LogP contribution >= 0.6 is 0 Å². The van der Waals surface area contributed by atoms with Crippen LogP contribution in [0.25, 0.3) is 0 Å². The molecule has 0 saturated heterocycles. The van der Waals surface area contributed by atoms with E-state index in [1.165, 1.54) is 0 Å². The van der Waals surface area contributed by atoms with Gasteiger partial charge in [0.1, 0.15) is 6.04 Å². The molecule has 10 heteroatoms. The molecule has 0 bridgehead atoms. The molecular weight excluding hydrogens is 254 g/mol. The Bertz CT molecular complexity index is 368. The lowest BCUT2D eigenvalue weighted by Crippen LogP contribution is -2.47. The molecule has 9 nitrogen and oxygen atoms in total. The van der Waals surface area contributed by atoms with Crippen LogP contribution in [0.3, 0.4) is 0 Å². The summed E-state index contributed by atoms with van der Waals surface area (Å²) < 4.78 is 21.0. The molecule has 0 aliphatic carbocycles. The van der Waals surface area contributed by atoms with E-state index in [0.29, 0.717) is 0 Å². The molecule has 0 aromatic rings. The fourth-order valence-corrected chi connectivity index (χ4v) is 1.29. The number of urea groups is 1. The predicted molar refractivity (Wildman–Crippen MR) is 57.6 cm³/mol. The molecule has 0 aliphatic rings. The Balaban J connectivity index is 4.03. The number of carboxylic acids is 1. The molecule has 0 fully saturated rings. The van der Waals surface area contributed by atoms with E-state index in [1.807, 2.05) is 0 Å². The Labute approximate surface area is 98.0 Å². The first-order valence-electron chi connectivity index (χ1n) is 4.64. The summed E-state index contributed by atoms with van der Waals surface area (Å²) >= 11 is 0. The Morgan fingerprint density at radius 2 is 1.94 bits per heavy atom. The number of primary sulfonamides is 1. The minimum absolute atomic E-state index is 0.141. The zero-order valence-electron chi connectivity index (χ0n) is 8.92. The van der Waals surface area contributed by atoms with E-state index < -0.39 is 40.4 Å². The molecular formula is C7H15N3O6S. The van der Waals surface area contributed by atoms with Crippen LogP contribution in [0.1, 0.15) is 6.42 Å². The quantitative estimate of drug-likeness (QED) is 0.341. The van der Waals surface area contributed by atoms with Crippen LogP contribution in [0, 0.1) is 0 Å². The van der Waals surface area contributed by atoms with E-state index >= 15 is 0 Å². The van der Waals surface area contributed by atoms with Gasteiger partial charge in [-0.05, 0) is 0 Å². The highest BCUT2D eigenvalue weighted by molar-refractivity contribution is 7.89. The molecule has 1 atom stereocenters. The molecule has 0 aromatic carbocycles. The lowest BCUT2D eigenvalue weighted by atomic mass is 10.2. The van der Waals surface area contributed by atoms with E-state index in [1.54, 1.807) is 0 Å². The highest BCUT2D eigenvalue weighted by Crippen LogP contribution is 1.90. The van der Waals surface area contributed by atoms with E-state index in [2.05, 4.69) is 10.6 Å². The van der Waals surface area contributed by atoms with Crippen molar-refractivity contribution in [2.45, 2.75) is 12.5 Å². The van der Waals surface area contributed by atoms with Gasteiger partial charge in [-0.3, -0.25) is 0 Å². The molecule has 6 N–H and O–H groups in total. The SMILES string of the molecule is NS(=O)(=O)CCNC(=O)NC(CCO)C(=O)O. The Morgan fingerprint density at radius 1 is 1.35 bits per heavy atom. The molecule has 0 radical (unpaired) electrons. The number of carbonyl (C=O) groups excluding carboxylic acids is 1. The number of sulfonamides is 1. The number of aliphatic carboxylic acids is 1. The van der Waals surface area contributed by atoms with Crippen LogP contribution in [-0.2, 0) is 14.8 Å². The summed E-state index contributed by atoms with van der Waals surface area (Å²) in [6.07, 6.45) is -0.141. The molecule has 0 aromatic heterocycles. The predicted octanol–water partition coefficient (Wildman–Crippen LogP) is -2.59. The molecule has 0 rings (SSSR count). The second-order valence-corrected chi connectivity index (χ2v) is 4.90. The van der Waals surface area contributed by atoms with Crippen molar-refractivity contribution in [3.8, 4) is 0 Å². The Kier molecular flexibility index (Phi) is 6.46.